The number of nitrogens with zero attached hydrogens (tertiary/aromatic N) is 2. The van der Waals surface area contributed by atoms with Crippen molar-refractivity contribution in [2.75, 3.05) is 25.9 Å². The maximum Gasteiger partial charge on any atom is 0.135 e. The Labute approximate surface area is 198 Å². The molecule has 0 radical (unpaired) electrons. The van der Waals surface area contributed by atoms with Gasteiger partial charge >= 0.3 is 0 Å². The summed E-state index contributed by atoms with van der Waals surface area (Å²) in [6, 6.07) is 24.3. The zero-order valence-corrected chi connectivity index (χ0v) is 19.6. The number of anilines is 1. The Hall–Kier alpha value is -2.93. The Morgan fingerprint density at radius 3 is 2.67 bits per heavy atom. The molecule has 5 rings (SSSR count). The molecule has 0 aliphatic carbocycles. The average Bonchev–Trinajstić information content (AvgIpc) is 3.27. The van der Waals surface area contributed by atoms with Gasteiger partial charge in [-0.15, -0.1) is 11.3 Å². The Morgan fingerprint density at radius 1 is 1.03 bits per heavy atom. The first kappa shape index (κ1) is 21.9. The first-order valence-corrected chi connectivity index (χ1v) is 12.2. The van der Waals surface area contributed by atoms with E-state index in [0.717, 1.165) is 59.0 Å². The number of hydrogen-bond acceptors (Lipinski definition) is 6. The molecule has 1 aliphatic rings. The Kier molecular flexibility index (Phi) is 6.58. The van der Waals surface area contributed by atoms with Crippen LogP contribution in [0.4, 0.5) is 5.69 Å². The summed E-state index contributed by atoms with van der Waals surface area (Å²) in [4.78, 5) is 7.29. The van der Waals surface area contributed by atoms with E-state index in [9.17, 15) is 0 Å². The molecule has 6 heteroatoms. The minimum Gasteiger partial charge on any atom is -0.489 e. The van der Waals surface area contributed by atoms with Crippen molar-refractivity contribution < 1.29 is 9.47 Å². The van der Waals surface area contributed by atoms with E-state index >= 15 is 0 Å². The summed E-state index contributed by atoms with van der Waals surface area (Å²) in [5.41, 5.74) is 9.78. The van der Waals surface area contributed by atoms with E-state index in [0.29, 0.717) is 6.61 Å². The molecule has 3 aromatic carbocycles. The fraction of sp³-hybridized carbons (Fsp3) is 0.296. The van der Waals surface area contributed by atoms with Gasteiger partial charge in [-0.05, 0) is 67.4 Å². The van der Waals surface area contributed by atoms with Crippen molar-refractivity contribution in [3.63, 3.8) is 0 Å². The summed E-state index contributed by atoms with van der Waals surface area (Å²) >= 11 is 1.71. The molecule has 0 amide bonds. The van der Waals surface area contributed by atoms with Gasteiger partial charge in [0.25, 0.3) is 0 Å². The van der Waals surface area contributed by atoms with Gasteiger partial charge in [0.15, 0.2) is 0 Å². The predicted octanol–water partition coefficient (Wildman–Crippen LogP) is 5.66. The number of hydrogen-bond donors (Lipinski definition) is 1. The van der Waals surface area contributed by atoms with E-state index in [2.05, 4.69) is 42.3 Å². The standard InChI is InChI=1S/C27H29N3O2S/c1-30-14-12-22(13-15-30)32-26(27-29-24-10-2-3-11-25(24)33-27)20-7-5-9-23(17-20)31-18-19-6-4-8-21(28)16-19/h2-11,16-17,22,26H,12-15,18,28H2,1H3. The number of fused-ring (bicyclic) bond motifs is 1. The van der Waals surface area contributed by atoms with Crippen LogP contribution in [0.15, 0.2) is 72.8 Å². The SMILES string of the molecule is CN1CCC(OC(c2cccc(OCc3cccc(N)c3)c2)c2nc3ccccc3s2)CC1. The maximum atomic E-state index is 6.72. The van der Waals surface area contributed by atoms with Crippen molar-refractivity contribution in [1.82, 2.24) is 9.88 Å². The van der Waals surface area contributed by atoms with Crippen LogP contribution in [0.25, 0.3) is 10.2 Å². The minimum atomic E-state index is -0.216. The summed E-state index contributed by atoms with van der Waals surface area (Å²) in [6.45, 7) is 2.58. The summed E-state index contributed by atoms with van der Waals surface area (Å²) in [6.07, 6.45) is 2.06. The third kappa shape index (κ3) is 5.36. The lowest BCUT2D eigenvalue weighted by Crippen LogP contribution is -2.35. The van der Waals surface area contributed by atoms with Gasteiger partial charge in [-0.2, -0.15) is 0 Å². The third-order valence-electron chi connectivity index (χ3n) is 6.05. The first-order chi connectivity index (χ1) is 16.1. The molecule has 1 aromatic heterocycles. The van der Waals surface area contributed by atoms with Gasteiger partial charge in [-0.1, -0.05) is 36.4 Å². The molecule has 170 valence electrons. The molecule has 4 aromatic rings. The van der Waals surface area contributed by atoms with E-state index < -0.39 is 0 Å². The number of thiazole rings is 1. The van der Waals surface area contributed by atoms with Crippen LogP contribution in [0.3, 0.4) is 0 Å². The quantitative estimate of drug-likeness (QED) is 0.362. The number of nitrogen functional groups attached to an aromatic ring is 1. The molecule has 0 spiro atoms. The van der Waals surface area contributed by atoms with E-state index in [1.807, 2.05) is 42.5 Å². The number of rotatable bonds is 7. The maximum absolute atomic E-state index is 6.72. The second kappa shape index (κ2) is 9.91. The van der Waals surface area contributed by atoms with Crippen molar-refractivity contribution in [3.05, 3.63) is 88.9 Å². The van der Waals surface area contributed by atoms with Crippen LogP contribution in [-0.4, -0.2) is 36.1 Å². The molecule has 1 saturated heterocycles. The molecular weight excluding hydrogens is 430 g/mol. The first-order valence-electron chi connectivity index (χ1n) is 11.4. The van der Waals surface area contributed by atoms with E-state index in [1.165, 1.54) is 4.70 Å². The number of ether oxygens (including phenoxy) is 2. The molecule has 2 heterocycles. The Morgan fingerprint density at radius 2 is 1.85 bits per heavy atom. The topological polar surface area (TPSA) is 60.6 Å². The number of likely N-dealkylation sites (tertiary alicyclic amines) is 1. The molecular formula is C27H29N3O2S. The highest BCUT2D eigenvalue weighted by Gasteiger charge is 2.26. The summed E-state index contributed by atoms with van der Waals surface area (Å²) in [5.74, 6) is 0.813. The molecule has 5 nitrogen and oxygen atoms in total. The monoisotopic (exact) mass is 459 g/mol. The van der Waals surface area contributed by atoms with Crippen molar-refractivity contribution in [3.8, 4) is 5.75 Å². The highest BCUT2D eigenvalue weighted by molar-refractivity contribution is 7.18. The summed E-state index contributed by atoms with van der Waals surface area (Å²) in [7, 11) is 2.17. The molecule has 1 aliphatic heterocycles. The summed E-state index contributed by atoms with van der Waals surface area (Å²) < 4.78 is 14.0. The number of para-hydroxylation sites is 1. The van der Waals surface area contributed by atoms with Crippen molar-refractivity contribution in [2.24, 2.45) is 0 Å². The van der Waals surface area contributed by atoms with Crippen LogP contribution in [0.2, 0.25) is 0 Å². The molecule has 0 saturated carbocycles. The number of piperidine rings is 1. The predicted molar refractivity (Wildman–Crippen MR) is 135 cm³/mol. The number of nitrogens with two attached hydrogens (primary N) is 1. The van der Waals surface area contributed by atoms with Crippen LogP contribution in [0, 0.1) is 0 Å². The van der Waals surface area contributed by atoms with Crippen LogP contribution in [-0.2, 0) is 11.3 Å². The van der Waals surface area contributed by atoms with Gasteiger partial charge in [0.1, 0.15) is 23.5 Å². The largest absolute Gasteiger partial charge is 0.489 e. The smallest absolute Gasteiger partial charge is 0.135 e. The Bertz CT molecular complexity index is 1180. The van der Waals surface area contributed by atoms with Crippen LogP contribution >= 0.6 is 11.3 Å². The minimum absolute atomic E-state index is 0.216. The average molecular weight is 460 g/mol. The van der Waals surface area contributed by atoms with Crippen molar-refractivity contribution >= 4 is 27.2 Å². The normalized spacial score (nSPS) is 16.2. The molecule has 1 fully saturated rings. The van der Waals surface area contributed by atoms with Gasteiger partial charge in [0.2, 0.25) is 0 Å². The third-order valence-corrected chi connectivity index (χ3v) is 7.13. The second-order valence-electron chi connectivity index (χ2n) is 8.64. The molecule has 1 atom stereocenters. The lowest BCUT2D eigenvalue weighted by molar-refractivity contribution is -0.0235. The summed E-state index contributed by atoms with van der Waals surface area (Å²) in [5, 5.41) is 0.989. The number of benzene rings is 3. The zero-order chi connectivity index (χ0) is 22.6. The lowest BCUT2D eigenvalue weighted by atomic mass is 10.1. The van der Waals surface area contributed by atoms with Crippen molar-refractivity contribution in [2.45, 2.75) is 31.7 Å². The fourth-order valence-electron chi connectivity index (χ4n) is 4.21. The van der Waals surface area contributed by atoms with Gasteiger partial charge in [0.05, 0.1) is 16.3 Å². The molecule has 0 bridgehead atoms. The highest BCUT2D eigenvalue weighted by Crippen LogP contribution is 2.36. The van der Waals surface area contributed by atoms with Gasteiger partial charge < -0.3 is 20.1 Å². The molecule has 1 unspecified atom stereocenters. The van der Waals surface area contributed by atoms with E-state index in [4.69, 9.17) is 20.2 Å². The van der Waals surface area contributed by atoms with Crippen molar-refractivity contribution in [1.29, 1.82) is 0 Å². The van der Waals surface area contributed by atoms with Crippen LogP contribution < -0.4 is 10.5 Å². The highest BCUT2D eigenvalue weighted by atomic mass is 32.1. The van der Waals surface area contributed by atoms with Crippen LogP contribution in [0.1, 0.15) is 35.1 Å². The van der Waals surface area contributed by atoms with Gasteiger partial charge in [0, 0.05) is 18.8 Å². The van der Waals surface area contributed by atoms with Gasteiger partial charge in [-0.25, -0.2) is 4.98 Å². The lowest BCUT2D eigenvalue weighted by Gasteiger charge is -2.31. The van der Waals surface area contributed by atoms with E-state index in [1.54, 1.807) is 11.3 Å². The molecule has 33 heavy (non-hydrogen) atoms. The fourth-order valence-corrected chi connectivity index (χ4v) is 5.24. The Balaban J connectivity index is 1.41. The van der Waals surface area contributed by atoms with Crippen LogP contribution in [0.5, 0.6) is 5.75 Å². The van der Waals surface area contributed by atoms with Gasteiger partial charge in [-0.3, -0.25) is 0 Å². The zero-order valence-electron chi connectivity index (χ0n) is 18.8. The molecule has 2 N–H and O–H groups in total. The number of aromatic nitrogens is 1. The van der Waals surface area contributed by atoms with E-state index in [-0.39, 0.29) is 12.2 Å². The second-order valence-corrected chi connectivity index (χ2v) is 9.71.